The van der Waals surface area contributed by atoms with Crippen LogP contribution in [0.25, 0.3) is 0 Å². The van der Waals surface area contributed by atoms with E-state index in [2.05, 4.69) is 57.4 Å². The summed E-state index contributed by atoms with van der Waals surface area (Å²) in [7, 11) is 0. The number of ether oxygens (including phenoxy) is 2. The molecule has 0 heterocycles. The van der Waals surface area contributed by atoms with Gasteiger partial charge in [0, 0.05) is 12.6 Å². The molecule has 2 aromatic rings. The summed E-state index contributed by atoms with van der Waals surface area (Å²) in [4.78, 5) is 26.1. The molecule has 1 aliphatic carbocycles. The molecule has 3 rings (SSSR count). The van der Waals surface area contributed by atoms with E-state index in [1.54, 1.807) is 0 Å². The summed E-state index contributed by atoms with van der Waals surface area (Å²) in [6.45, 7) is 11.6. The molecule has 0 bridgehead atoms. The van der Waals surface area contributed by atoms with Crippen LogP contribution in [-0.2, 0) is 12.8 Å². The zero-order valence-corrected chi connectivity index (χ0v) is 30.3. The Morgan fingerprint density at radius 1 is 0.660 bits per heavy atom. The minimum atomic E-state index is -0.424. The van der Waals surface area contributed by atoms with Crippen LogP contribution in [0, 0.1) is 10.8 Å². The van der Waals surface area contributed by atoms with Gasteiger partial charge in [-0.05, 0) is 79.0 Å². The number of carbonyl (C=O) groups is 2. The standard InChI is InChI=1S/C41H64N2O4/c1-6-8-10-12-14-16-18-23-33-25-19-21-27-36(33)46-38(44)42-32-41(5)30-35(29-40(3,4)31-41)43-39(45)47-37-28-22-20-26-34(37)24-17-15-13-11-9-7-2/h19-22,25-28,35H,6-18,23-24,29-32H2,1-5H3,(H,42,44)(H,43,45). The molecule has 2 aromatic carbocycles. The monoisotopic (exact) mass is 648 g/mol. The number of carbonyl (C=O) groups excluding carboxylic acids is 2. The largest absolute Gasteiger partial charge is 0.412 e. The molecule has 2 atom stereocenters. The van der Waals surface area contributed by atoms with Crippen molar-refractivity contribution in [1.29, 1.82) is 0 Å². The Hall–Kier alpha value is -3.02. The van der Waals surface area contributed by atoms with Crippen LogP contribution in [0.2, 0.25) is 0 Å². The van der Waals surface area contributed by atoms with Crippen molar-refractivity contribution in [2.75, 3.05) is 6.54 Å². The summed E-state index contributed by atoms with van der Waals surface area (Å²) >= 11 is 0. The van der Waals surface area contributed by atoms with E-state index in [0.29, 0.717) is 18.0 Å². The number of para-hydroxylation sites is 2. The molecular formula is C41H64N2O4. The van der Waals surface area contributed by atoms with E-state index in [1.165, 1.54) is 70.6 Å². The molecule has 47 heavy (non-hydrogen) atoms. The molecule has 6 heteroatoms. The van der Waals surface area contributed by atoms with Crippen LogP contribution in [0.4, 0.5) is 9.59 Å². The number of hydrogen-bond donors (Lipinski definition) is 2. The lowest BCUT2D eigenvalue weighted by molar-refractivity contribution is 0.0701. The minimum Gasteiger partial charge on any atom is -0.410 e. The molecule has 0 spiro atoms. The van der Waals surface area contributed by atoms with Crippen LogP contribution in [0.1, 0.15) is 148 Å². The van der Waals surface area contributed by atoms with Gasteiger partial charge in [0.15, 0.2) is 0 Å². The highest BCUT2D eigenvalue weighted by molar-refractivity contribution is 5.71. The van der Waals surface area contributed by atoms with Crippen molar-refractivity contribution in [2.24, 2.45) is 10.8 Å². The molecule has 6 nitrogen and oxygen atoms in total. The van der Waals surface area contributed by atoms with E-state index < -0.39 is 12.2 Å². The molecule has 0 radical (unpaired) electrons. The Morgan fingerprint density at radius 3 is 1.66 bits per heavy atom. The summed E-state index contributed by atoms with van der Waals surface area (Å²) < 4.78 is 11.7. The van der Waals surface area contributed by atoms with Crippen LogP contribution < -0.4 is 20.1 Å². The second-order valence-electron chi connectivity index (χ2n) is 15.1. The van der Waals surface area contributed by atoms with Gasteiger partial charge in [-0.2, -0.15) is 0 Å². The lowest BCUT2D eigenvalue weighted by atomic mass is 9.62. The average Bonchev–Trinajstić information content (AvgIpc) is 3.02. The van der Waals surface area contributed by atoms with Crippen molar-refractivity contribution < 1.29 is 19.1 Å². The highest BCUT2D eigenvalue weighted by Crippen LogP contribution is 2.46. The van der Waals surface area contributed by atoms with Crippen molar-refractivity contribution in [1.82, 2.24) is 10.6 Å². The summed E-state index contributed by atoms with van der Waals surface area (Å²) in [6, 6.07) is 15.7. The first-order chi connectivity index (χ1) is 22.6. The summed E-state index contributed by atoms with van der Waals surface area (Å²) in [6.07, 6.45) is 19.7. The second-order valence-corrected chi connectivity index (χ2v) is 15.1. The molecule has 0 aliphatic heterocycles. The molecule has 0 aromatic heterocycles. The zero-order valence-electron chi connectivity index (χ0n) is 30.3. The van der Waals surface area contributed by atoms with Gasteiger partial charge in [-0.1, -0.05) is 142 Å². The Labute approximate surface area is 286 Å². The molecule has 1 fully saturated rings. The number of unbranched alkanes of at least 4 members (excludes halogenated alkanes) is 11. The van der Waals surface area contributed by atoms with Gasteiger partial charge in [0.25, 0.3) is 0 Å². The van der Waals surface area contributed by atoms with Gasteiger partial charge in [-0.3, -0.25) is 0 Å². The number of nitrogens with one attached hydrogen (secondary N) is 2. The SMILES string of the molecule is CCCCCCCCCc1ccccc1OC(=O)NCC1(C)CC(NC(=O)Oc2ccccc2CCCCCCCC)CC(C)(C)C1. The van der Waals surface area contributed by atoms with E-state index in [1.807, 2.05) is 36.4 Å². The zero-order chi connectivity index (χ0) is 34.0. The van der Waals surface area contributed by atoms with Crippen LogP contribution >= 0.6 is 0 Å². The average molecular weight is 649 g/mol. The van der Waals surface area contributed by atoms with E-state index in [4.69, 9.17) is 9.47 Å². The summed E-state index contributed by atoms with van der Waals surface area (Å²) in [5.74, 6) is 1.29. The third-order valence-corrected chi connectivity index (χ3v) is 9.62. The molecule has 2 amide bonds. The molecule has 1 aliphatic rings. The van der Waals surface area contributed by atoms with E-state index in [0.717, 1.165) is 56.1 Å². The molecule has 2 unspecified atom stereocenters. The fraction of sp³-hybridized carbons (Fsp3) is 0.659. The third kappa shape index (κ3) is 14.7. The first-order valence-electron chi connectivity index (χ1n) is 18.7. The molecule has 0 saturated heterocycles. The first-order valence-corrected chi connectivity index (χ1v) is 18.7. The van der Waals surface area contributed by atoms with Crippen molar-refractivity contribution in [3.05, 3.63) is 59.7 Å². The summed E-state index contributed by atoms with van der Waals surface area (Å²) in [5, 5.41) is 6.22. The fourth-order valence-electron chi connectivity index (χ4n) is 7.58. The Kier molecular flexibility index (Phi) is 16.7. The highest BCUT2D eigenvalue weighted by Gasteiger charge is 2.42. The van der Waals surface area contributed by atoms with Crippen molar-refractivity contribution in [3.8, 4) is 11.5 Å². The molecule has 1 saturated carbocycles. The first kappa shape index (κ1) is 38.4. The normalized spacial score (nSPS) is 18.8. The van der Waals surface area contributed by atoms with Gasteiger partial charge in [-0.15, -0.1) is 0 Å². The van der Waals surface area contributed by atoms with Crippen LogP contribution in [0.5, 0.6) is 11.5 Å². The maximum Gasteiger partial charge on any atom is 0.412 e. The van der Waals surface area contributed by atoms with Gasteiger partial charge in [0.1, 0.15) is 11.5 Å². The number of rotatable bonds is 20. The maximum absolute atomic E-state index is 13.1. The van der Waals surface area contributed by atoms with Gasteiger partial charge in [0.05, 0.1) is 0 Å². The Balaban J connectivity index is 1.49. The highest BCUT2D eigenvalue weighted by atomic mass is 16.6. The van der Waals surface area contributed by atoms with Gasteiger partial charge in [-0.25, -0.2) is 9.59 Å². The molecule has 262 valence electrons. The minimum absolute atomic E-state index is 0.00461. The molecule has 2 N–H and O–H groups in total. The van der Waals surface area contributed by atoms with Crippen molar-refractivity contribution in [2.45, 2.75) is 156 Å². The summed E-state index contributed by atoms with van der Waals surface area (Å²) in [5.41, 5.74) is 1.96. The predicted octanol–water partition coefficient (Wildman–Crippen LogP) is 11.3. The van der Waals surface area contributed by atoms with Gasteiger partial charge < -0.3 is 20.1 Å². The van der Waals surface area contributed by atoms with E-state index in [-0.39, 0.29) is 16.9 Å². The number of aryl methyl sites for hydroxylation is 2. The lowest BCUT2D eigenvalue weighted by Gasteiger charge is -2.46. The number of amides is 2. The van der Waals surface area contributed by atoms with E-state index >= 15 is 0 Å². The Morgan fingerprint density at radius 2 is 1.13 bits per heavy atom. The predicted molar refractivity (Wildman–Crippen MR) is 194 cm³/mol. The van der Waals surface area contributed by atoms with Crippen molar-refractivity contribution >= 4 is 12.2 Å². The second kappa shape index (κ2) is 20.4. The van der Waals surface area contributed by atoms with Crippen LogP contribution in [0.3, 0.4) is 0 Å². The smallest absolute Gasteiger partial charge is 0.410 e. The lowest BCUT2D eigenvalue weighted by Crippen LogP contribution is -2.51. The maximum atomic E-state index is 13.1. The number of hydrogen-bond acceptors (Lipinski definition) is 4. The fourth-order valence-corrected chi connectivity index (χ4v) is 7.58. The van der Waals surface area contributed by atoms with Crippen LogP contribution in [-0.4, -0.2) is 24.8 Å². The quantitative estimate of drug-likeness (QED) is 0.140. The van der Waals surface area contributed by atoms with Crippen LogP contribution in [0.15, 0.2) is 48.5 Å². The Bertz CT molecular complexity index is 1210. The third-order valence-electron chi connectivity index (χ3n) is 9.62. The topological polar surface area (TPSA) is 76.7 Å². The van der Waals surface area contributed by atoms with Gasteiger partial charge >= 0.3 is 12.2 Å². The van der Waals surface area contributed by atoms with E-state index in [9.17, 15) is 9.59 Å². The van der Waals surface area contributed by atoms with Gasteiger partial charge in [0.2, 0.25) is 0 Å². The van der Waals surface area contributed by atoms with Crippen molar-refractivity contribution in [3.63, 3.8) is 0 Å². The number of benzene rings is 2. The molecular weight excluding hydrogens is 584 g/mol.